The maximum Gasteiger partial charge on any atom is 0.200 e. The zero-order valence-electron chi connectivity index (χ0n) is 9.07. The van der Waals surface area contributed by atoms with Crippen LogP contribution in [-0.4, -0.2) is 9.55 Å². The lowest BCUT2D eigenvalue weighted by Gasteiger charge is -2.09. The van der Waals surface area contributed by atoms with Crippen molar-refractivity contribution in [2.45, 2.75) is 20.4 Å². The Morgan fingerprint density at radius 3 is 2.80 bits per heavy atom. The van der Waals surface area contributed by atoms with Gasteiger partial charge in [-0.2, -0.15) is 0 Å². The maximum atomic E-state index is 5.73. The predicted octanol–water partition coefficient (Wildman–Crippen LogP) is 2.13. The molecule has 1 aromatic heterocycles. The average molecular weight is 201 g/mol. The first-order valence-electron chi connectivity index (χ1n) is 5.00. The Labute approximate surface area is 89.6 Å². The van der Waals surface area contributed by atoms with E-state index in [0.29, 0.717) is 5.95 Å². The van der Waals surface area contributed by atoms with Crippen LogP contribution in [0.3, 0.4) is 0 Å². The van der Waals surface area contributed by atoms with E-state index in [1.54, 1.807) is 6.20 Å². The van der Waals surface area contributed by atoms with Crippen molar-refractivity contribution in [3.63, 3.8) is 0 Å². The van der Waals surface area contributed by atoms with E-state index in [2.05, 4.69) is 37.0 Å². The average Bonchev–Trinajstić information content (AvgIpc) is 2.60. The second kappa shape index (κ2) is 3.77. The summed E-state index contributed by atoms with van der Waals surface area (Å²) in [5.41, 5.74) is 9.66. The van der Waals surface area contributed by atoms with Gasteiger partial charge in [0.1, 0.15) is 0 Å². The highest BCUT2D eigenvalue weighted by molar-refractivity contribution is 5.34. The number of nitrogens with two attached hydrogens (primary N) is 1. The molecule has 0 radical (unpaired) electrons. The molecule has 0 unspecified atom stereocenters. The standard InChI is InChI=1S/C12H15N3/c1-9-4-3-5-11(10(9)2)8-15-7-6-14-12(15)13/h3-7H,8H2,1-2H3,(H2,13,14). The summed E-state index contributed by atoms with van der Waals surface area (Å²) in [7, 11) is 0. The zero-order valence-corrected chi connectivity index (χ0v) is 9.07. The fourth-order valence-electron chi connectivity index (χ4n) is 1.64. The van der Waals surface area contributed by atoms with E-state index in [-0.39, 0.29) is 0 Å². The molecule has 0 bridgehead atoms. The van der Waals surface area contributed by atoms with Crippen LogP contribution in [0.2, 0.25) is 0 Å². The van der Waals surface area contributed by atoms with Gasteiger partial charge in [0.25, 0.3) is 0 Å². The molecule has 0 aliphatic heterocycles. The molecule has 1 aromatic carbocycles. The van der Waals surface area contributed by atoms with Crippen molar-refractivity contribution in [1.29, 1.82) is 0 Å². The first kappa shape index (κ1) is 9.77. The van der Waals surface area contributed by atoms with Crippen molar-refractivity contribution in [3.05, 3.63) is 47.3 Å². The van der Waals surface area contributed by atoms with Crippen LogP contribution in [0.5, 0.6) is 0 Å². The number of nitrogen functional groups attached to an aromatic ring is 1. The molecular formula is C12H15N3. The second-order valence-corrected chi connectivity index (χ2v) is 3.77. The van der Waals surface area contributed by atoms with Crippen molar-refractivity contribution < 1.29 is 0 Å². The lowest BCUT2D eigenvalue weighted by molar-refractivity contribution is 0.804. The van der Waals surface area contributed by atoms with Gasteiger partial charge in [0.2, 0.25) is 0 Å². The van der Waals surface area contributed by atoms with Crippen LogP contribution < -0.4 is 5.73 Å². The maximum absolute atomic E-state index is 5.73. The number of anilines is 1. The smallest absolute Gasteiger partial charge is 0.200 e. The van der Waals surface area contributed by atoms with Crippen LogP contribution in [0.15, 0.2) is 30.6 Å². The van der Waals surface area contributed by atoms with Gasteiger partial charge in [-0.05, 0) is 30.5 Å². The molecule has 0 saturated heterocycles. The number of aryl methyl sites for hydroxylation is 1. The summed E-state index contributed by atoms with van der Waals surface area (Å²) in [6.45, 7) is 5.05. The quantitative estimate of drug-likeness (QED) is 0.808. The number of benzene rings is 1. The van der Waals surface area contributed by atoms with Gasteiger partial charge >= 0.3 is 0 Å². The van der Waals surface area contributed by atoms with E-state index in [0.717, 1.165) is 6.54 Å². The molecule has 0 fully saturated rings. The van der Waals surface area contributed by atoms with Gasteiger partial charge in [-0.15, -0.1) is 0 Å². The van der Waals surface area contributed by atoms with Crippen LogP contribution in [0.1, 0.15) is 16.7 Å². The summed E-state index contributed by atoms with van der Waals surface area (Å²) in [4.78, 5) is 4.01. The number of hydrogen-bond acceptors (Lipinski definition) is 2. The van der Waals surface area contributed by atoms with E-state index in [1.165, 1.54) is 16.7 Å². The Kier molecular flexibility index (Phi) is 2.46. The van der Waals surface area contributed by atoms with E-state index < -0.39 is 0 Å². The van der Waals surface area contributed by atoms with Gasteiger partial charge in [-0.3, -0.25) is 0 Å². The van der Waals surface area contributed by atoms with E-state index in [1.807, 2.05) is 10.8 Å². The van der Waals surface area contributed by atoms with Crippen molar-refractivity contribution >= 4 is 5.95 Å². The fourth-order valence-corrected chi connectivity index (χ4v) is 1.64. The van der Waals surface area contributed by atoms with Gasteiger partial charge in [-0.25, -0.2) is 4.98 Å². The van der Waals surface area contributed by atoms with Crippen molar-refractivity contribution in [1.82, 2.24) is 9.55 Å². The second-order valence-electron chi connectivity index (χ2n) is 3.77. The predicted molar refractivity (Wildman–Crippen MR) is 61.7 cm³/mol. The van der Waals surface area contributed by atoms with E-state index in [4.69, 9.17) is 5.73 Å². The summed E-state index contributed by atoms with van der Waals surface area (Å²) < 4.78 is 1.95. The number of nitrogens with zero attached hydrogens (tertiary/aromatic N) is 2. The summed E-state index contributed by atoms with van der Waals surface area (Å²) in [5, 5.41) is 0. The topological polar surface area (TPSA) is 43.8 Å². The van der Waals surface area contributed by atoms with Gasteiger partial charge in [0.05, 0.1) is 6.54 Å². The molecule has 2 N–H and O–H groups in total. The molecule has 0 aliphatic carbocycles. The largest absolute Gasteiger partial charge is 0.369 e. The van der Waals surface area contributed by atoms with E-state index >= 15 is 0 Å². The third-order valence-corrected chi connectivity index (χ3v) is 2.81. The molecule has 0 spiro atoms. The van der Waals surface area contributed by atoms with Crippen LogP contribution >= 0.6 is 0 Å². The number of hydrogen-bond donors (Lipinski definition) is 1. The highest BCUT2D eigenvalue weighted by Crippen LogP contribution is 2.15. The molecule has 0 aliphatic rings. The lowest BCUT2D eigenvalue weighted by atomic mass is 10.0. The Hall–Kier alpha value is -1.77. The third kappa shape index (κ3) is 1.86. The number of aromatic nitrogens is 2. The molecule has 3 heteroatoms. The molecule has 2 aromatic rings. The normalized spacial score (nSPS) is 10.5. The lowest BCUT2D eigenvalue weighted by Crippen LogP contribution is -2.05. The molecule has 2 rings (SSSR count). The summed E-state index contributed by atoms with van der Waals surface area (Å²) in [6.07, 6.45) is 3.62. The monoisotopic (exact) mass is 201 g/mol. The summed E-state index contributed by atoms with van der Waals surface area (Å²) in [5.74, 6) is 0.566. The summed E-state index contributed by atoms with van der Waals surface area (Å²) in [6, 6.07) is 6.32. The van der Waals surface area contributed by atoms with Gasteiger partial charge in [-0.1, -0.05) is 18.2 Å². The zero-order chi connectivity index (χ0) is 10.8. The van der Waals surface area contributed by atoms with Crippen LogP contribution in [-0.2, 0) is 6.54 Å². The minimum atomic E-state index is 0.566. The first-order chi connectivity index (χ1) is 7.18. The van der Waals surface area contributed by atoms with Crippen LogP contribution in [0.4, 0.5) is 5.95 Å². The Morgan fingerprint density at radius 1 is 1.33 bits per heavy atom. The van der Waals surface area contributed by atoms with Crippen LogP contribution in [0.25, 0.3) is 0 Å². The number of imidazole rings is 1. The molecule has 78 valence electrons. The third-order valence-electron chi connectivity index (χ3n) is 2.81. The Morgan fingerprint density at radius 2 is 2.13 bits per heavy atom. The molecule has 3 nitrogen and oxygen atoms in total. The Bertz CT molecular complexity index is 471. The first-order valence-corrected chi connectivity index (χ1v) is 5.00. The molecule has 0 atom stereocenters. The Balaban J connectivity index is 2.33. The molecular weight excluding hydrogens is 186 g/mol. The SMILES string of the molecule is Cc1cccc(Cn2ccnc2N)c1C. The minimum absolute atomic E-state index is 0.566. The van der Waals surface area contributed by atoms with Crippen LogP contribution in [0, 0.1) is 13.8 Å². The molecule has 15 heavy (non-hydrogen) atoms. The highest BCUT2D eigenvalue weighted by Gasteiger charge is 2.03. The number of rotatable bonds is 2. The minimum Gasteiger partial charge on any atom is -0.369 e. The van der Waals surface area contributed by atoms with Crippen molar-refractivity contribution in [2.24, 2.45) is 0 Å². The molecule has 0 saturated carbocycles. The van der Waals surface area contributed by atoms with Gasteiger partial charge in [0, 0.05) is 12.4 Å². The molecule has 1 heterocycles. The van der Waals surface area contributed by atoms with Crippen molar-refractivity contribution in [2.75, 3.05) is 5.73 Å². The highest BCUT2D eigenvalue weighted by atomic mass is 15.1. The van der Waals surface area contributed by atoms with Gasteiger partial charge in [0.15, 0.2) is 5.95 Å². The molecule has 0 amide bonds. The van der Waals surface area contributed by atoms with Gasteiger partial charge < -0.3 is 10.3 Å². The fraction of sp³-hybridized carbons (Fsp3) is 0.250. The van der Waals surface area contributed by atoms with E-state index in [9.17, 15) is 0 Å². The summed E-state index contributed by atoms with van der Waals surface area (Å²) >= 11 is 0. The van der Waals surface area contributed by atoms with Crippen molar-refractivity contribution in [3.8, 4) is 0 Å².